The number of fused-ring (bicyclic) bond motifs is 2. The number of carbonyl (C=O) groups is 2. The van der Waals surface area contributed by atoms with Gasteiger partial charge in [-0.25, -0.2) is 0 Å². The largest absolute Gasteiger partial charge is 1.00 e. The summed E-state index contributed by atoms with van der Waals surface area (Å²) in [6.45, 7) is 0. The van der Waals surface area contributed by atoms with Crippen LogP contribution in [0.15, 0.2) is 34.1 Å². The van der Waals surface area contributed by atoms with Gasteiger partial charge in [-0.1, -0.05) is 24.3 Å². The Balaban J connectivity index is 0.00000196. The minimum Gasteiger partial charge on any atom is -1.00 e. The molecule has 0 spiro atoms. The summed E-state index contributed by atoms with van der Waals surface area (Å²) in [6.07, 6.45) is 0. The van der Waals surface area contributed by atoms with Gasteiger partial charge in [-0.3, -0.25) is 18.7 Å². The van der Waals surface area contributed by atoms with Crippen LogP contribution in [-0.2, 0) is 20.2 Å². The van der Waals surface area contributed by atoms with Crippen LogP contribution in [0.5, 0.6) is 0 Å². The summed E-state index contributed by atoms with van der Waals surface area (Å²) in [5, 5.41) is 0. The number of nitrogen functional groups attached to an aromatic ring is 2. The molecular weight excluding hydrogens is 411 g/mol. The van der Waals surface area contributed by atoms with Crippen molar-refractivity contribution in [2.24, 2.45) is 0 Å². The first-order chi connectivity index (χ1) is 11.9. The number of benzene rings is 2. The molecule has 10 nitrogen and oxygen atoms in total. The van der Waals surface area contributed by atoms with Crippen LogP contribution in [-0.4, -0.2) is 37.5 Å². The normalized spacial score (nSPS) is 13.6. The van der Waals surface area contributed by atoms with Crippen molar-refractivity contribution in [2.45, 2.75) is 9.79 Å². The minimum atomic E-state index is -5.33. The van der Waals surface area contributed by atoms with E-state index in [0.29, 0.717) is 0 Å². The van der Waals surface area contributed by atoms with Crippen molar-refractivity contribution in [3.63, 3.8) is 0 Å². The molecule has 0 heterocycles. The maximum absolute atomic E-state index is 12.7. The number of nitrogens with two attached hydrogens (primary N) is 2. The molecule has 0 saturated heterocycles. The fraction of sp³-hybridized carbons (Fsp3) is 0. The molecule has 0 aliphatic heterocycles. The second-order valence-corrected chi connectivity index (χ2v) is 8.11. The van der Waals surface area contributed by atoms with Gasteiger partial charge in [0.1, 0.15) is 9.79 Å². The van der Waals surface area contributed by atoms with Crippen molar-refractivity contribution >= 4 is 43.2 Å². The monoisotopic (exact) mass is 422 g/mol. The molecule has 0 bridgehead atoms. The molecule has 0 aromatic heterocycles. The molecule has 138 valence electrons. The van der Waals surface area contributed by atoms with E-state index < -0.39 is 64.1 Å². The van der Waals surface area contributed by atoms with Gasteiger partial charge in [-0.15, -0.1) is 0 Å². The molecule has 0 saturated carbocycles. The Morgan fingerprint density at radius 3 is 1.30 bits per heavy atom. The van der Waals surface area contributed by atoms with Crippen molar-refractivity contribution < 1.29 is 66.5 Å². The Morgan fingerprint density at radius 1 is 0.741 bits per heavy atom. The zero-order chi connectivity index (χ0) is 19.6. The smallest absolute Gasteiger partial charge is 1.00 e. The maximum atomic E-state index is 12.7. The Hall–Kier alpha value is -1.80. The second-order valence-electron chi connectivity index (χ2n) is 5.39. The third-order valence-corrected chi connectivity index (χ3v) is 5.88. The minimum absolute atomic E-state index is 0. The Bertz CT molecular complexity index is 1150. The van der Waals surface area contributed by atoms with Crippen LogP contribution in [0, 0.1) is 0 Å². The molecule has 0 fully saturated rings. The van der Waals surface area contributed by atoms with E-state index in [4.69, 9.17) is 11.5 Å². The fourth-order valence-electron chi connectivity index (χ4n) is 2.87. The summed E-state index contributed by atoms with van der Waals surface area (Å²) in [4.78, 5) is 22.5. The first-order valence-corrected chi connectivity index (χ1v) is 9.63. The van der Waals surface area contributed by atoms with Crippen LogP contribution in [0.3, 0.4) is 0 Å². The van der Waals surface area contributed by atoms with Crippen molar-refractivity contribution in [3.8, 4) is 0 Å². The summed E-state index contributed by atoms with van der Waals surface area (Å²) >= 11 is 0. The van der Waals surface area contributed by atoms with Gasteiger partial charge in [0.05, 0.1) is 22.5 Å². The first-order valence-electron chi connectivity index (χ1n) is 6.75. The van der Waals surface area contributed by atoms with E-state index in [1.165, 1.54) is 24.3 Å². The summed E-state index contributed by atoms with van der Waals surface area (Å²) in [5.41, 5.74) is 7.72. The molecule has 27 heavy (non-hydrogen) atoms. The van der Waals surface area contributed by atoms with Crippen molar-refractivity contribution in [2.75, 3.05) is 11.5 Å². The molecule has 0 radical (unpaired) electrons. The summed E-state index contributed by atoms with van der Waals surface area (Å²) in [5.74, 6) is -1.77. The molecule has 0 atom stereocenters. The van der Waals surface area contributed by atoms with E-state index in [0.717, 1.165) is 0 Å². The molecule has 2 aromatic carbocycles. The standard InChI is InChI=1S/C14H10N2O8S2.Na.H/c15-9-7-8(12(18)6-4-2-1-3-5(6)11(7)17)10(16)14(26(22,23)24)13(9)25(19,20)21;;/h1-4H,15-16H2,(H,19,20,21)(H,22,23,24);;/q;+1;-1. The number of carbonyl (C=O) groups excluding carboxylic acids is 2. The van der Waals surface area contributed by atoms with Crippen LogP contribution in [0.4, 0.5) is 11.4 Å². The SMILES string of the molecule is Nc1c2c(c(N)c(S(=O)(=O)O)c1S(=O)(=O)O)C(=O)c1ccccc1C2=O.[H-].[Na+]. The van der Waals surface area contributed by atoms with E-state index in [1.54, 1.807) is 0 Å². The van der Waals surface area contributed by atoms with Crippen LogP contribution < -0.4 is 41.0 Å². The number of rotatable bonds is 2. The van der Waals surface area contributed by atoms with E-state index in [-0.39, 0.29) is 42.1 Å². The molecule has 1 aliphatic rings. The third-order valence-electron chi connectivity index (χ3n) is 3.87. The van der Waals surface area contributed by atoms with E-state index in [1.807, 2.05) is 0 Å². The molecule has 3 rings (SSSR count). The summed E-state index contributed by atoms with van der Waals surface area (Å²) < 4.78 is 65.3. The van der Waals surface area contributed by atoms with Gasteiger partial charge >= 0.3 is 29.6 Å². The van der Waals surface area contributed by atoms with E-state index >= 15 is 0 Å². The molecule has 0 unspecified atom stereocenters. The fourth-order valence-corrected chi connectivity index (χ4v) is 4.95. The van der Waals surface area contributed by atoms with Crippen LogP contribution in [0.2, 0.25) is 0 Å². The van der Waals surface area contributed by atoms with Gasteiger partial charge in [-0.05, 0) is 0 Å². The Kier molecular flexibility index (Phi) is 5.31. The van der Waals surface area contributed by atoms with Crippen molar-refractivity contribution in [1.82, 2.24) is 0 Å². The molecule has 1 aliphatic carbocycles. The quantitative estimate of drug-likeness (QED) is 0.191. The number of ketones is 2. The first kappa shape index (κ1) is 21.5. The van der Waals surface area contributed by atoms with Crippen LogP contribution >= 0.6 is 0 Å². The van der Waals surface area contributed by atoms with Crippen molar-refractivity contribution in [3.05, 3.63) is 46.5 Å². The van der Waals surface area contributed by atoms with Crippen LogP contribution in [0.25, 0.3) is 0 Å². The molecule has 6 N–H and O–H groups in total. The topological polar surface area (TPSA) is 195 Å². The number of anilines is 2. The third kappa shape index (κ3) is 3.18. The average Bonchev–Trinajstić information content (AvgIpc) is 2.51. The van der Waals surface area contributed by atoms with Gasteiger partial charge in [-0.2, -0.15) is 16.8 Å². The van der Waals surface area contributed by atoms with Crippen molar-refractivity contribution in [1.29, 1.82) is 0 Å². The van der Waals surface area contributed by atoms with Gasteiger partial charge in [0, 0.05) is 11.1 Å². The van der Waals surface area contributed by atoms with Gasteiger partial charge in [0.15, 0.2) is 11.6 Å². The average molecular weight is 422 g/mol. The second kappa shape index (κ2) is 6.67. The molecule has 2 aromatic rings. The number of hydrogen-bond acceptors (Lipinski definition) is 8. The Labute approximate surface area is 176 Å². The molecule has 13 heteroatoms. The molecular formula is C14H11N2NaO8S2. The number of hydrogen-bond donors (Lipinski definition) is 4. The maximum Gasteiger partial charge on any atom is 1.00 e. The summed E-state index contributed by atoms with van der Waals surface area (Å²) in [6, 6.07) is 5.48. The van der Waals surface area contributed by atoms with E-state index in [9.17, 15) is 35.5 Å². The predicted molar refractivity (Wildman–Crippen MR) is 89.3 cm³/mol. The zero-order valence-corrected chi connectivity index (χ0v) is 17.3. The summed E-state index contributed by atoms with van der Waals surface area (Å²) in [7, 11) is -10.7. The van der Waals surface area contributed by atoms with Gasteiger partial charge in [0.25, 0.3) is 20.2 Å². The van der Waals surface area contributed by atoms with Gasteiger partial charge < -0.3 is 12.9 Å². The van der Waals surface area contributed by atoms with Crippen LogP contribution in [0.1, 0.15) is 33.3 Å². The Morgan fingerprint density at radius 2 is 1.04 bits per heavy atom. The molecule has 0 amide bonds. The predicted octanol–water partition coefficient (Wildman–Crippen LogP) is -2.76. The van der Waals surface area contributed by atoms with Gasteiger partial charge in [0.2, 0.25) is 0 Å². The zero-order valence-electron chi connectivity index (χ0n) is 14.6. The van der Waals surface area contributed by atoms with E-state index in [2.05, 4.69) is 0 Å².